The number of nitrogens with one attached hydrogen (secondary N) is 1. The fourth-order valence-electron chi connectivity index (χ4n) is 3.08. The summed E-state index contributed by atoms with van der Waals surface area (Å²) in [5.41, 5.74) is 0.836. The van der Waals surface area contributed by atoms with Gasteiger partial charge in [-0.2, -0.15) is 0 Å². The van der Waals surface area contributed by atoms with Crippen LogP contribution in [0.1, 0.15) is 59.5 Å². The first-order valence-corrected chi connectivity index (χ1v) is 7.90. The van der Waals surface area contributed by atoms with E-state index in [4.69, 9.17) is 0 Å². The van der Waals surface area contributed by atoms with Gasteiger partial charge in [-0.15, -0.1) is 0 Å². The molecule has 3 heterocycles. The Morgan fingerprint density at radius 1 is 1.17 bits per heavy atom. The smallest absolute Gasteiger partial charge is 0.330 e. The minimum absolute atomic E-state index is 0.0903. The third kappa shape index (κ3) is 2.74. The van der Waals surface area contributed by atoms with Gasteiger partial charge in [0.15, 0.2) is 0 Å². The largest absolute Gasteiger partial charge is 0.345 e. The van der Waals surface area contributed by atoms with Crippen LogP contribution in [0.2, 0.25) is 0 Å². The minimum atomic E-state index is -0.390. The molecular weight excluding hydrogens is 294 g/mol. The van der Waals surface area contributed by atoms with Crippen LogP contribution in [0, 0.1) is 0 Å². The van der Waals surface area contributed by atoms with Gasteiger partial charge in [0.05, 0.1) is 11.6 Å². The molecule has 1 saturated carbocycles. The molecule has 7 heteroatoms. The number of likely N-dealkylation sites (tertiary alicyclic amines) is 1. The third-order valence-corrected chi connectivity index (χ3v) is 4.43. The first-order chi connectivity index (χ1) is 11.2. The first kappa shape index (κ1) is 14.0. The van der Waals surface area contributed by atoms with Crippen LogP contribution in [0.4, 0.5) is 0 Å². The van der Waals surface area contributed by atoms with E-state index < -0.39 is 0 Å². The fraction of sp³-hybridized carbons (Fsp3) is 0.438. The second kappa shape index (κ2) is 5.57. The van der Waals surface area contributed by atoms with Crippen LogP contribution >= 0.6 is 0 Å². The van der Waals surface area contributed by atoms with E-state index in [0.717, 1.165) is 37.2 Å². The Hall–Kier alpha value is -2.57. The number of carbonyl (C=O) groups excluding carboxylic acids is 1. The van der Waals surface area contributed by atoms with Gasteiger partial charge in [-0.05, 0) is 31.7 Å². The zero-order valence-corrected chi connectivity index (χ0v) is 12.6. The van der Waals surface area contributed by atoms with Gasteiger partial charge in [0, 0.05) is 36.7 Å². The summed E-state index contributed by atoms with van der Waals surface area (Å²) in [6.07, 6.45) is 8.71. The van der Waals surface area contributed by atoms with Crippen LogP contribution in [-0.4, -0.2) is 37.3 Å². The number of hydrogen-bond donors (Lipinski definition) is 1. The number of aromatic nitrogens is 4. The normalized spacial score (nSPS) is 20.7. The summed E-state index contributed by atoms with van der Waals surface area (Å²) in [5, 5.41) is 0. The van der Waals surface area contributed by atoms with Gasteiger partial charge < -0.3 is 9.88 Å². The predicted octanol–water partition coefficient (Wildman–Crippen LogP) is 1.41. The Morgan fingerprint density at radius 3 is 2.65 bits per heavy atom. The first-order valence-electron chi connectivity index (χ1n) is 7.90. The molecule has 0 spiro atoms. The molecule has 2 aliphatic rings. The third-order valence-electron chi connectivity index (χ3n) is 4.43. The standard InChI is InChI=1S/C16H17N5O2/c22-15(11-8-18-14(19-9-11)10-3-4-10)21-7-1-2-13(21)12-5-6-17-16(23)20-12/h5-6,8-10,13H,1-4,7H2,(H,17,20,23)/t13-/m0/s1. The van der Waals surface area contributed by atoms with Crippen molar-refractivity contribution in [2.75, 3.05) is 6.54 Å². The van der Waals surface area contributed by atoms with Crippen LogP contribution in [0.15, 0.2) is 29.5 Å². The van der Waals surface area contributed by atoms with E-state index in [-0.39, 0.29) is 17.6 Å². The lowest BCUT2D eigenvalue weighted by Gasteiger charge is -2.24. The second-order valence-corrected chi connectivity index (χ2v) is 6.09. The summed E-state index contributed by atoms with van der Waals surface area (Å²) in [6.45, 7) is 0.665. The van der Waals surface area contributed by atoms with Crippen molar-refractivity contribution in [3.8, 4) is 0 Å². The maximum Gasteiger partial charge on any atom is 0.345 e. The Balaban J connectivity index is 1.57. The van der Waals surface area contributed by atoms with Crippen molar-refractivity contribution in [1.29, 1.82) is 0 Å². The van der Waals surface area contributed by atoms with Crippen LogP contribution < -0.4 is 5.69 Å². The Morgan fingerprint density at radius 2 is 1.96 bits per heavy atom. The maximum absolute atomic E-state index is 12.8. The van der Waals surface area contributed by atoms with Crippen molar-refractivity contribution in [3.05, 3.63) is 52.2 Å². The van der Waals surface area contributed by atoms with Gasteiger partial charge in [-0.1, -0.05) is 0 Å². The fourth-order valence-corrected chi connectivity index (χ4v) is 3.08. The number of hydrogen-bond acceptors (Lipinski definition) is 5. The summed E-state index contributed by atoms with van der Waals surface area (Å²) in [6, 6.07) is 1.63. The number of nitrogens with zero attached hydrogens (tertiary/aromatic N) is 4. The van der Waals surface area contributed by atoms with Crippen molar-refractivity contribution in [3.63, 3.8) is 0 Å². The lowest BCUT2D eigenvalue weighted by molar-refractivity contribution is 0.0731. The van der Waals surface area contributed by atoms with Crippen molar-refractivity contribution >= 4 is 5.91 Å². The van der Waals surface area contributed by atoms with Crippen molar-refractivity contribution < 1.29 is 4.79 Å². The molecule has 23 heavy (non-hydrogen) atoms. The maximum atomic E-state index is 12.8. The lowest BCUT2D eigenvalue weighted by atomic mass is 10.1. The number of carbonyl (C=O) groups is 1. The number of amides is 1. The van der Waals surface area contributed by atoms with Crippen LogP contribution in [-0.2, 0) is 0 Å². The highest BCUT2D eigenvalue weighted by molar-refractivity contribution is 5.94. The molecular formula is C16H17N5O2. The topological polar surface area (TPSA) is 91.8 Å². The summed E-state index contributed by atoms with van der Waals surface area (Å²) >= 11 is 0. The molecule has 0 unspecified atom stereocenters. The molecule has 2 aromatic heterocycles. The Labute approximate surface area is 132 Å². The van der Waals surface area contributed by atoms with Gasteiger partial charge in [0.25, 0.3) is 5.91 Å². The summed E-state index contributed by atoms with van der Waals surface area (Å²) < 4.78 is 0. The van der Waals surface area contributed by atoms with Crippen LogP contribution in [0.3, 0.4) is 0 Å². The highest BCUT2D eigenvalue weighted by atomic mass is 16.2. The average Bonchev–Trinajstić information content (AvgIpc) is 3.31. The van der Waals surface area contributed by atoms with E-state index in [1.165, 1.54) is 6.20 Å². The van der Waals surface area contributed by atoms with Crippen LogP contribution in [0.5, 0.6) is 0 Å². The van der Waals surface area contributed by atoms with E-state index in [9.17, 15) is 9.59 Å². The van der Waals surface area contributed by atoms with Crippen LogP contribution in [0.25, 0.3) is 0 Å². The zero-order chi connectivity index (χ0) is 15.8. The summed E-state index contributed by atoms with van der Waals surface area (Å²) in [5.74, 6) is 1.21. The molecule has 1 atom stereocenters. The van der Waals surface area contributed by atoms with E-state index in [0.29, 0.717) is 18.0 Å². The monoisotopic (exact) mass is 311 g/mol. The minimum Gasteiger partial charge on any atom is -0.330 e. The number of aromatic amines is 1. The summed E-state index contributed by atoms with van der Waals surface area (Å²) in [4.78, 5) is 40.9. The molecule has 1 aliphatic carbocycles. The van der Waals surface area contributed by atoms with E-state index in [2.05, 4.69) is 19.9 Å². The molecule has 4 rings (SSSR count). The summed E-state index contributed by atoms with van der Waals surface area (Å²) in [7, 11) is 0. The Kier molecular flexibility index (Phi) is 3.40. The molecule has 0 bridgehead atoms. The molecule has 2 aromatic rings. The van der Waals surface area contributed by atoms with Gasteiger partial charge in [-0.3, -0.25) is 4.79 Å². The zero-order valence-electron chi connectivity index (χ0n) is 12.6. The van der Waals surface area contributed by atoms with Gasteiger partial charge in [-0.25, -0.2) is 19.7 Å². The van der Waals surface area contributed by atoms with E-state index in [1.54, 1.807) is 23.4 Å². The SMILES string of the molecule is O=C(c1cnc(C2CC2)nc1)N1CCC[C@H]1c1ccnc(=O)[nH]1. The van der Waals surface area contributed by atoms with Gasteiger partial charge >= 0.3 is 5.69 Å². The molecule has 0 aromatic carbocycles. The molecule has 7 nitrogen and oxygen atoms in total. The van der Waals surface area contributed by atoms with Crippen molar-refractivity contribution in [1.82, 2.24) is 24.8 Å². The van der Waals surface area contributed by atoms with Crippen molar-refractivity contribution in [2.45, 2.75) is 37.6 Å². The Bertz CT molecular complexity index is 782. The molecule has 0 radical (unpaired) electrons. The second-order valence-electron chi connectivity index (χ2n) is 6.09. The number of rotatable bonds is 3. The highest BCUT2D eigenvalue weighted by Gasteiger charge is 2.32. The van der Waals surface area contributed by atoms with Gasteiger partial charge in [0.2, 0.25) is 0 Å². The average molecular weight is 311 g/mol. The van der Waals surface area contributed by atoms with E-state index in [1.807, 2.05) is 0 Å². The lowest BCUT2D eigenvalue weighted by Crippen LogP contribution is -2.32. The van der Waals surface area contributed by atoms with E-state index >= 15 is 0 Å². The quantitative estimate of drug-likeness (QED) is 0.925. The highest BCUT2D eigenvalue weighted by Crippen LogP contribution is 2.37. The molecule has 1 aliphatic heterocycles. The number of H-pyrrole nitrogens is 1. The molecule has 118 valence electrons. The molecule has 1 saturated heterocycles. The molecule has 1 amide bonds. The molecule has 2 fully saturated rings. The van der Waals surface area contributed by atoms with Gasteiger partial charge in [0.1, 0.15) is 5.82 Å². The van der Waals surface area contributed by atoms with Crippen molar-refractivity contribution in [2.24, 2.45) is 0 Å². The predicted molar refractivity (Wildman–Crippen MR) is 81.9 cm³/mol. The molecule has 1 N–H and O–H groups in total.